The number of imide groups is 1. The molecule has 0 saturated carbocycles. The second kappa shape index (κ2) is 12.6. The number of carbonyl (C=O) groups is 3. The lowest BCUT2D eigenvalue weighted by Crippen LogP contribution is -2.55. The summed E-state index contributed by atoms with van der Waals surface area (Å²) in [6, 6.07) is 0. The first-order chi connectivity index (χ1) is 13.8. The standard InChI is InChI=1S/C10H13FN2O3.C8H16O5/c11-5-6-12-8(14)2-1-7-13-9(15)3-4-10(13)16;1-4-5(3-9)13-8(12-2)7(11)6(4)10/h3-4H,1-2,5-7H2,(H,12,14);4-11H,3H2,1-2H3. The highest BCUT2D eigenvalue weighted by molar-refractivity contribution is 6.12. The third-order valence-electron chi connectivity index (χ3n) is 4.58. The first-order valence-corrected chi connectivity index (χ1v) is 9.28. The summed E-state index contributed by atoms with van der Waals surface area (Å²) in [5, 5.41) is 30.2. The van der Waals surface area contributed by atoms with Crippen LogP contribution >= 0.6 is 0 Å². The van der Waals surface area contributed by atoms with Crippen LogP contribution in [0.3, 0.4) is 0 Å². The van der Waals surface area contributed by atoms with Gasteiger partial charge >= 0.3 is 0 Å². The number of nitrogens with one attached hydrogen (secondary N) is 1. The third-order valence-corrected chi connectivity index (χ3v) is 4.58. The Labute approximate surface area is 168 Å². The molecule has 1 saturated heterocycles. The van der Waals surface area contributed by atoms with Gasteiger partial charge in [0, 0.05) is 44.7 Å². The smallest absolute Gasteiger partial charge is 0.253 e. The Balaban J connectivity index is 0.000000296. The highest BCUT2D eigenvalue weighted by Crippen LogP contribution is 2.25. The van der Waals surface area contributed by atoms with E-state index in [4.69, 9.17) is 14.6 Å². The van der Waals surface area contributed by atoms with Crippen molar-refractivity contribution >= 4 is 17.7 Å². The Hall–Kier alpha value is -1.92. The molecule has 0 aromatic rings. The quantitative estimate of drug-likeness (QED) is 0.347. The Morgan fingerprint density at radius 1 is 1.28 bits per heavy atom. The van der Waals surface area contributed by atoms with E-state index in [9.17, 15) is 29.0 Å². The van der Waals surface area contributed by atoms with Gasteiger partial charge < -0.3 is 30.1 Å². The number of methoxy groups -OCH3 is 1. The number of halogens is 1. The van der Waals surface area contributed by atoms with Crippen LogP contribution in [0.25, 0.3) is 0 Å². The van der Waals surface area contributed by atoms with Gasteiger partial charge in [-0.25, -0.2) is 4.39 Å². The molecule has 0 bridgehead atoms. The van der Waals surface area contributed by atoms with E-state index in [1.807, 2.05) is 0 Å². The maximum absolute atomic E-state index is 11.7. The monoisotopic (exact) mass is 420 g/mol. The van der Waals surface area contributed by atoms with Crippen molar-refractivity contribution in [2.45, 2.75) is 44.4 Å². The molecular formula is C18H29FN2O8. The van der Waals surface area contributed by atoms with Gasteiger partial charge in [-0.3, -0.25) is 19.3 Å². The number of aliphatic hydroxyl groups excluding tert-OH is 3. The topological polar surface area (TPSA) is 146 Å². The van der Waals surface area contributed by atoms with Crippen molar-refractivity contribution in [1.82, 2.24) is 10.2 Å². The van der Waals surface area contributed by atoms with Gasteiger partial charge in [-0.15, -0.1) is 0 Å². The number of hydrogen-bond donors (Lipinski definition) is 4. The highest BCUT2D eigenvalue weighted by atomic mass is 19.1. The summed E-state index contributed by atoms with van der Waals surface area (Å²) in [5.41, 5.74) is 0. The number of nitrogens with zero attached hydrogens (tertiary/aromatic N) is 1. The molecule has 2 rings (SSSR count). The summed E-state index contributed by atoms with van der Waals surface area (Å²) < 4.78 is 21.7. The molecule has 0 radical (unpaired) electrons. The van der Waals surface area contributed by atoms with Crippen LogP contribution in [0.4, 0.5) is 4.39 Å². The molecule has 0 spiro atoms. The number of ether oxygens (including phenoxy) is 2. The summed E-state index contributed by atoms with van der Waals surface area (Å²) in [4.78, 5) is 34.3. The Morgan fingerprint density at radius 3 is 2.41 bits per heavy atom. The van der Waals surface area contributed by atoms with Crippen molar-refractivity contribution in [2.75, 3.05) is 33.5 Å². The first-order valence-electron chi connectivity index (χ1n) is 9.28. The van der Waals surface area contributed by atoms with E-state index in [2.05, 4.69) is 5.32 Å². The molecule has 10 nitrogen and oxygen atoms in total. The predicted molar refractivity (Wildman–Crippen MR) is 98.0 cm³/mol. The molecule has 4 N–H and O–H groups in total. The van der Waals surface area contributed by atoms with Gasteiger partial charge in [0.2, 0.25) is 5.91 Å². The maximum Gasteiger partial charge on any atom is 0.253 e. The van der Waals surface area contributed by atoms with E-state index in [0.29, 0.717) is 6.42 Å². The molecule has 166 valence electrons. The number of carbonyl (C=O) groups excluding carboxylic acids is 3. The first kappa shape index (κ1) is 25.1. The van der Waals surface area contributed by atoms with Crippen molar-refractivity contribution in [3.63, 3.8) is 0 Å². The zero-order valence-corrected chi connectivity index (χ0v) is 16.5. The van der Waals surface area contributed by atoms with Crippen molar-refractivity contribution in [2.24, 2.45) is 5.92 Å². The summed E-state index contributed by atoms with van der Waals surface area (Å²) in [5.74, 6) is -1.28. The minimum absolute atomic E-state index is 0.00195. The molecule has 5 unspecified atom stereocenters. The van der Waals surface area contributed by atoms with Crippen LogP contribution in [-0.2, 0) is 23.9 Å². The normalized spacial score (nSPS) is 28.9. The summed E-state index contributed by atoms with van der Waals surface area (Å²) in [6.07, 6.45) is -0.351. The second-order valence-electron chi connectivity index (χ2n) is 6.61. The van der Waals surface area contributed by atoms with Crippen LogP contribution in [0.5, 0.6) is 0 Å². The lowest BCUT2D eigenvalue weighted by atomic mass is 9.91. The van der Waals surface area contributed by atoms with Gasteiger partial charge in [0.1, 0.15) is 12.8 Å². The summed E-state index contributed by atoms with van der Waals surface area (Å²) in [7, 11) is 1.38. The van der Waals surface area contributed by atoms with Gasteiger partial charge in [0.15, 0.2) is 6.29 Å². The second-order valence-corrected chi connectivity index (χ2v) is 6.61. The average molecular weight is 420 g/mol. The molecule has 3 amide bonds. The van der Waals surface area contributed by atoms with Gasteiger partial charge in [0.25, 0.3) is 11.8 Å². The van der Waals surface area contributed by atoms with Crippen molar-refractivity contribution < 1.29 is 43.6 Å². The van der Waals surface area contributed by atoms with Crippen molar-refractivity contribution in [3.05, 3.63) is 12.2 Å². The number of rotatable bonds is 8. The number of amides is 3. The SMILES string of the molecule is COC1OC(CO)C(C)C(O)C1O.O=C(CCCN1C(=O)C=CC1=O)NCCF. The number of aliphatic hydroxyl groups is 3. The largest absolute Gasteiger partial charge is 0.394 e. The Kier molecular flexibility index (Phi) is 10.9. The van der Waals surface area contributed by atoms with E-state index in [1.165, 1.54) is 19.3 Å². The van der Waals surface area contributed by atoms with Gasteiger partial charge in [-0.1, -0.05) is 6.92 Å². The number of hydrogen-bond acceptors (Lipinski definition) is 8. The molecule has 11 heteroatoms. The van der Waals surface area contributed by atoms with Crippen LogP contribution in [-0.4, -0.2) is 96.0 Å². The fourth-order valence-corrected chi connectivity index (χ4v) is 2.80. The molecule has 2 aliphatic rings. The molecule has 29 heavy (non-hydrogen) atoms. The fourth-order valence-electron chi connectivity index (χ4n) is 2.80. The Bertz CT molecular complexity index is 550. The maximum atomic E-state index is 11.7. The zero-order valence-electron chi connectivity index (χ0n) is 16.5. The summed E-state index contributed by atoms with van der Waals surface area (Å²) >= 11 is 0. The lowest BCUT2D eigenvalue weighted by molar-refractivity contribution is -0.280. The predicted octanol–water partition coefficient (Wildman–Crippen LogP) is -1.51. The van der Waals surface area contributed by atoms with Crippen LogP contribution in [0, 0.1) is 5.92 Å². The Morgan fingerprint density at radius 2 is 1.90 bits per heavy atom. The molecular weight excluding hydrogens is 391 g/mol. The molecule has 0 aromatic heterocycles. The van der Waals surface area contributed by atoms with Crippen LogP contribution in [0.1, 0.15) is 19.8 Å². The van der Waals surface area contributed by atoms with E-state index in [1.54, 1.807) is 6.92 Å². The highest BCUT2D eigenvalue weighted by Gasteiger charge is 2.41. The molecule has 1 fully saturated rings. The minimum atomic E-state index is -1.05. The van der Waals surface area contributed by atoms with E-state index in [0.717, 1.165) is 4.90 Å². The van der Waals surface area contributed by atoms with E-state index in [-0.39, 0.29) is 49.8 Å². The number of alkyl halides is 1. The summed E-state index contributed by atoms with van der Waals surface area (Å²) in [6.45, 7) is 1.14. The molecule has 2 aliphatic heterocycles. The molecule has 0 aliphatic carbocycles. The molecule has 0 aromatic carbocycles. The van der Waals surface area contributed by atoms with Crippen LogP contribution in [0.15, 0.2) is 12.2 Å². The average Bonchev–Trinajstić information content (AvgIpc) is 3.03. The van der Waals surface area contributed by atoms with Crippen molar-refractivity contribution in [1.29, 1.82) is 0 Å². The van der Waals surface area contributed by atoms with E-state index < -0.39 is 31.3 Å². The zero-order chi connectivity index (χ0) is 22.0. The minimum Gasteiger partial charge on any atom is -0.394 e. The fraction of sp³-hybridized carbons (Fsp3) is 0.722. The van der Waals surface area contributed by atoms with Gasteiger partial charge in [0.05, 0.1) is 18.8 Å². The van der Waals surface area contributed by atoms with Crippen LogP contribution in [0.2, 0.25) is 0 Å². The van der Waals surface area contributed by atoms with Crippen molar-refractivity contribution in [3.8, 4) is 0 Å². The van der Waals surface area contributed by atoms with Gasteiger partial charge in [-0.05, 0) is 6.42 Å². The van der Waals surface area contributed by atoms with Crippen LogP contribution < -0.4 is 5.32 Å². The molecule has 2 heterocycles. The van der Waals surface area contributed by atoms with E-state index >= 15 is 0 Å². The van der Waals surface area contributed by atoms with Gasteiger partial charge in [-0.2, -0.15) is 0 Å². The third kappa shape index (κ3) is 7.44. The molecule has 5 atom stereocenters. The lowest BCUT2D eigenvalue weighted by Gasteiger charge is -2.40.